The molecule has 5 heteroatoms. The average molecular weight is 252 g/mol. The summed E-state index contributed by atoms with van der Waals surface area (Å²) in [6.07, 6.45) is 1.58. The number of aromatic nitrogens is 2. The fraction of sp³-hybridized carbons (Fsp3) is 0.167. The van der Waals surface area contributed by atoms with Crippen molar-refractivity contribution in [2.75, 3.05) is 0 Å². The maximum Gasteiger partial charge on any atom is 0.142 e. The van der Waals surface area contributed by atoms with E-state index >= 15 is 0 Å². The van der Waals surface area contributed by atoms with E-state index in [-0.39, 0.29) is 12.4 Å². The van der Waals surface area contributed by atoms with Gasteiger partial charge in [0.2, 0.25) is 0 Å². The molecule has 0 saturated heterocycles. The summed E-state index contributed by atoms with van der Waals surface area (Å²) in [4.78, 5) is 8.19. The molecule has 0 fully saturated rings. The van der Waals surface area contributed by atoms with Gasteiger partial charge in [0.25, 0.3) is 0 Å². The predicted molar refractivity (Wildman–Crippen MR) is 65.1 cm³/mol. The van der Waals surface area contributed by atoms with Gasteiger partial charge in [-0.3, -0.25) is 0 Å². The second-order valence-corrected chi connectivity index (χ2v) is 4.05. The standard InChI is InChI=1S/C12H11ClFN3/c1-7-4-9(13)8(5-10(7)14)11-2-3-16-12(6-15)17-11/h2-5H,6,15H2,1H3. The van der Waals surface area contributed by atoms with Crippen molar-refractivity contribution in [2.45, 2.75) is 13.5 Å². The average Bonchev–Trinajstić information content (AvgIpc) is 2.34. The van der Waals surface area contributed by atoms with Crippen molar-refractivity contribution in [1.82, 2.24) is 9.97 Å². The first kappa shape index (κ1) is 12.0. The predicted octanol–water partition coefficient (Wildman–Crippen LogP) is 2.70. The van der Waals surface area contributed by atoms with Crippen LogP contribution >= 0.6 is 11.6 Å². The number of benzene rings is 1. The first-order valence-electron chi connectivity index (χ1n) is 5.10. The minimum atomic E-state index is -0.308. The van der Waals surface area contributed by atoms with Crippen LogP contribution in [0.2, 0.25) is 5.02 Å². The van der Waals surface area contributed by atoms with Crippen LogP contribution < -0.4 is 5.73 Å². The van der Waals surface area contributed by atoms with Crippen molar-refractivity contribution >= 4 is 11.6 Å². The molecule has 1 aromatic heterocycles. The highest BCUT2D eigenvalue weighted by atomic mass is 35.5. The molecule has 0 saturated carbocycles. The van der Waals surface area contributed by atoms with Crippen molar-refractivity contribution in [2.24, 2.45) is 5.73 Å². The molecule has 0 atom stereocenters. The lowest BCUT2D eigenvalue weighted by molar-refractivity contribution is 0.619. The van der Waals surface area contributed by atoms with E-state index in [1.54, 1.807) is 25.3 Å². The van der Waals surface area contributed by atoms with Gasteiger partial charge >= 0.3 is 0 Å². The van der Waals surface area contributed by atoms with Crippen LogP contribution in [-0.4, -0.2) is 9.97 Å². The second kappa shape index (κ2) is 4.77. The quantitative estimate of drug-likeness (QED) is 0.893. The number of nitrogens with two attached hydrogens (primary N) is 1. The Kier molecular flexibility index (Phi) is 3.36. The molecular formula is C12H11ClFN3. The molecule has 0 amide bonds. The van der Waals surface area contributed by atoms with Gasteiger partial charge in [-0.25, -0.2) is 14.4 Å². The topological polar surface area (TPSA) is 51.8 Å². The van der Waals surface area contributed by atoms with Crippen LogP contribution in [0.3, 0.4) is 0 Å². The fourth-order valence-electron chi connectivity index (χ4n) is 1.49. The van der Waals surface area contributed by atoms with Gasteiger partial charge in [-0.05, 0) is 30.7 Å². The smallest absolute Gasteiger partial charge is 0.142 e. The molecule has 0 unspecified atom stereocenters. The van der Waals surface area contributed by atoms with Gasteiger partial charge in [-0.1, -0.05) is 11.6 Å². The molecule has 0 aliphatic carbocycles. The molecule has 88 valence electrons. The van der Waals surface area contributed by atoms with Gasteiger partial charge in [-0.15, -0.1) is 0 Å². The summed E-state index contributed by atoms with van der Waals surface area (Å²) >= 11 is 6.07. The van der Waals surface area contributed by atoms with Crippen LogP contribution in [-0.2, 0) is 6.54 Å². The molecule has 0 bridgehead atoms. The molecule has 17 heavy (non-hydrogen) atoms. The number of hydrogen-bond acceptors (Lipinski definition) is 3. The first-order chi connectivity index (χ1) is 8.11. The Labute approximate surface area is 103 Å². The van der Waals surface area contributed by atoms with Crippen molar-refractivity contribution in [3.63, 3.8) is 0 Å². The van der Waals surface area contributed by atoms with E-state index in [1.807, 2.05) is 0 Å². The van der Waals surface area contributed by atoms with Gasteiger partial charge < -0.3 is 5.73 Å². The highest BCUT2D eigenvalue weighted by Gasteiger charge is 2.09. The van der Waals surface area contributed by atoms with Gasteiger partial charge in [-0.2, -0.15) is 0 Å². The Morgan fingerprint density at radius 2 is 2.18 bits per heavy atom. The van der Waals surface area contributed by atoms with Gasteiger partial charge in [0.15, 0.2) is 0 Å². The van der Waals surface area contributed by atoms with Crippen LogP contribution in [0.15, 0.2) is 24.4 Å². The van der Waals surface area contributed by atoms with Crippen molar-refractivity contribution in [3.8, 4) is 11.3 Å². The molecular weight excluding hydrogens is 241 g/mol. The lowest BCUT2D eigenvalue weighted by atomic mass is 10.1. The molecule has 3 nitrogen and oxygen atoms in total. The highest BCUT2D eigenvalue weighted by Crippen LogP contribution is 2.28. The summed E-state index contributed by atoms with van der Waals surface area (Å²) in [5, 5.41) is 0.463. The lowest BCUT2D eigenvalue weighted by Crippen LogP contribution is -2.03. The summed E-state index contributed by atoms with van der Waals surface area (Å²) in [6, 6.07) is 4.63. The number of nitrogens with zero attached hydrogens (tertiary/aromatic N) is 2. The van der Waals surface area contributed by atoms with Crippen molar-refractivity contribution in [3.05, 3.63) is 46.6 Å². The fourth-order valence-corrected chi connectivity index (χ4v) is 1.81. The number of hydrogen-bond donors (Lipinski definition) is 1. The number of aryl methyl sites for hydroxylation is 1. The Morgan fingerprint density at radius 1 is 1.41 bits per heavy atom. The molecule has 0 radical (unpaired) electrons. The third-order valence-corrected chi connectivity index (χ3v) is 2.73. The van der Waals surface area contributed by atoms with E-state index in [9.17, 15) is 4.39 Å². The van der Waals surface area contributed by atoms with E-state index < -0.39 is 0 Å². The SMILES string of the molecule is Cc1cc(Cl)c(-c2ccnc(CN)n2)cc1F. The molecule has 0 spiro atoms. The number of rotatable bonds is 2. The third kappa shape index (κ3) is 2.43. The minimum Gasteiger partial charge on any atom is -0.324 e. The highest BCUT2D eigenvalue weighted by molar-refractivity contribution is 6.33. The summed E-state index contributed by atoms with van der Waals surface area (Å²) in [5.74, 6) is 0.192. The summed E-state index contributed by atoms with van der Waals surface area (Å²) in [6.45, 7) is 1.90. The van der Waals surface area contributed by atoms with Crippen LogP contribution in [0.4, 0.5) is 4.39 Å². The van der Waals surface area contributed by atoms with E-state index in [2.05, 4.69) is 9.97 Å². The zero-order valence-corrected chi connectivity index (χ0v) is 10.0. The van der Waals surface area contributed by atoms with E-state index in [0.717, 1.165) is 0 Å². The van der Waals surface area contributed by atoms with Gasteiger partial charge in [0.1, 0.15) is 11.6 Å². The van der Waals surface area contributed by atoms with Gasteiger partial charge in [0.05, 0.1) is 17.3 Å². The normalized spacial score (nSPS) is 10.6. The van der Waals surface area contributed by atoms with Crippen LogP contribution in [0.5, 0.6) is 0 Å². The van der Waals surface area contributed by atoms with E-state index in [4.69, 9.17) is 17.3 Å². The minimum absolute atomic E-state index is 0.236. The number of halogens is 2. The van der Waals surface area contributed by atoms with E-state index in [0.29, 0.717) is 27.7 Å². The van der Waals surface area contributed by atoms with Crippen LogP contribution in [0, 0.1) is 12.7 Å². The third-order valence-electron chi connectivity index (χ3n) is 2.41. The zero-order valence-electron chi connectivity index (χ0n) is 9.24. The zero-order chi connectivity index (χ0) is 12.4. The summed E-state index contributed by atoms with van der Waals surface area (Å²) in [7, 11) is 0. The first-order valence-corrected chi connectivity index (χ1v) is 5.47. The van der Waals surface area contributed by atoms with E-state index in [1.165, 1.54) is 6.07 Å². The molecule has 0 aliphatic rings. The Bertz CT molecular complexity index is 557. The van der Waals surface area contributed by atoms with Gasteiger partial charge in [0, 0.05) is 11.8 Å². The summed E-state index contributed by atoms with van der Waals surface area (Å²) < 4.78 is 13.5. The van der Waals surface area contributed by atoms with Crippen LogP contribution in [0.1, 0.15) is 11.4 Å². The molecule has 2 aromatic rings. The molecule has 0 aliphatic heterocycles. The lowest BCUT2D eigenvalue weighted by Gasteiger charge is -2.06. The monoisotopic (exact) mass is 251 g/mol. The van der Waals surface area contributed by atoms with Crippen molar-refractivity contribution < 1.29 is 4.39 Å². The van der Waals surface area contributed by atoms with Crippen LogP contribution in [0.25, 0.3) is 11.3 Å². The second-order valence-electron chi connectivity index (χ2n) is 3.64. The molecule has 2 N–H and O–H groups in total. The largest absolute Gasteiger partial charge is 0.324 e. The molecule has 1 heterocycles. The maximum atomic E-state index is 13.5. The summed E-state index contributed by atoms with van der Waals surface area (Å²) in [5.41, 5.74) is 7.08. The van der Waals surface area contributed by atoms with Crippen molar-refractivity contribution in [1.29, 1.82) is 0 Å². The molecule has 1 aromatic carbocycles. The Morgan fingerprint density at radius 3 is 2.88 bits per heavy atom. The Hall–Kier alpha value is -1.52. The Balaban J connectivity index is 2.56. The maximum absolute atomic E-state index is 13.5. The molecule has 2 rings (SSSR count).